The lowest BCUT2D eigenvalue weighted by atomic mass is 9.77. The van der Waals surface area contributed by atoms with Gasteiger partial charge >= 0.3 is 17.9 Å². The summed E-state index contributed by atoms with van der Waals surface area (Å²) in [5.41, 5.74) is 5.52. The number of nitrogens with one attached hydrogen (secondary N) is 6. The maximum absolute atomic E-state index is 14.7. The van der Waals surface area contributed by atoms with Crippen LogP contribution in [-0.2, 0) is 47.9 Å². The van der Waals surface area contributed by atoms with Gasteiger partial charge in [0.15, 0.2) is 5.78 Å². The Bertz CT molecular complexity index is 1860. The number of unbranched alkanes of at least 4 members (excludes halogenated alkanes) is 2. The van der Waals surface area contributed by atoms with Crippen LogP contribution in [0.4, 0.5) is 0 Å². The maximum atomic E-state index is 14.7. The molecule has 0 aromatic rings. The number of likely N-dealkylation sites (N-methyl/N-ethyl adjacent to an activating group) is 3. The van der Waals surface area contributed by atoms with Crippen molar-refractivity contribution < 1.29 is 58.1 Å². The highest BCUT2D eigenvalue weighted by atomic mass is 16.6. The van der Waals surface area contributed by atoms with Gasteiger partial charge in [-0.2, -0.15) is 0 Å². The van der Waals surface area contributed by atoms with E-state index in [2.05, 4.69) is 31.9 Å². The van der Waals surface area contributed by atoms with Gasteiger partial charge in [-0.25, -0.2) is 4.79 Å². The zero-order chi connectivity index (χ0) is 56.9. The third-order valence-corrected chi connectivity index (χ3v) is 14.0. The number of amides is 5. The minimum absolute atomic E-state index is 0.00582. The fraction of sp³-hybridized carbons (Fsp3) is 0.820. The number of nitrogens with zero attached hydrogens (tertiary/aromatic N) is 3. The van der Waals surface area contributed by atoms with Gasteiger partial charge in [0.25, 0.3) is 0 Å². The molecule has 0 aromatic heterocycles. The average Bonchev–Trinajstić information content (AvgIpc) is 3.31. The number of rotatable bonds is 36. The number of carbonyl (C=O) groups excluding carboxylic acids is 7. The molecule has 0 fully saturated rings. The number of carboxylic acid groups (broad SMARTS) is 2. The zero-order valence-electron chi connectivity index (χ0n) is 47.0. The first-order chi connectivity index (χ1) is 33.5. The van der Waals surface area contributed by atoms with Gasteiger partial charge in [0.2, 0.25) is 29.5 Å². The van der Waals surface area contributed by atoms with E-state index in [9.17, 15) is 53.4 Å². The molecule has 422 valence electrons. The molecule has 12 N–H and O–H groups in total. The maximum Gasteiger partial charge on any atom is 0.326 e. The Balaban J connectivity index is 6.65. The largest absolute Gasteiger partial charge is 0.480 e. The van der Waals surface area contributed by atoms with Crippen LogP contribution in [0, 0.1) is 11.3 Å². The second-order valence-corrected chi connectivity index (χ2v) is 21.7. The van der Waals surface area contributed by atoms with Gasteiger partial charge in [0, 0.05) is 52.7 Å². The molecule has 5 amide bonds. The summed E-state index contributed by atoms with van der Waals surface area (Å²) < 4.78 is 5.60. The topological polar surface area (TPSA) is 337 Å². The van der Waals surface area contributed by atoms with Crippen molar-refractivity contribution >= 4 is 53.2 Å². The SMILES string of the molecule is CCC(C)(NCCNC(=O)C(C)(C)CN(C)C(C(=O)NCCCCC(N)C(=O)O)C(C)C(C)(C(=O)NCCCCC(NC(=O)CN)C(=O)O)N(C)C(C)C(=O)N(C)C)C(=O)CNC(C)(CC)C(=O)OC(C)(C)C. The number of carbonyl (C=O) groups is 9. The van der Waals surface area contributed by atoms with Crippen LogP contribution < -0.4 is 43.4 Å². The van der Waals surface area contributed by atoms with Crippen molar-refractivity contribution in [3.05, 3.63) is 0 Å². The lowest BCUT2D eigenvalue weighted by Gasteiger charge is -2.48. The van der Waals surface area contributed by atoms with Crippen LogP contribution in [0.3, 0.4) is 0 Å². The molecular weight excluding hydrogens is 947 g/mol. The number of aliphatic carboxylic acids is 2. The fourth-order valence-electron chi connectivity index (χ4n) is 8.21. The molecule has 23 heteroatoms. The van der Waals surface area contributed by atoms with Gasteiger partial charge in [-0.1, -0.05) is 20.8 Å². The van der Waals surface area contributed by atoms with Gasteiger partial charge < -0.3 is 57.9 Å². The van der Waals surface area contributed by atoms with E-state index in [0.29, 0.717) is 38.5 Å². The molecule has 0 heterocycles. The predicted octanol–water partition coefficient (Wildman–Crippen LogP) is 0.173. The van der Waals surface area contributed by atoms with Crippen LogP contribution in [0.15, 0.2) is 0 Å². The fourth-order valence-corrected chi connectivity index (χ4v) is 8.21. The lowest BCUT2D eigenvalue weighted by molar-refractivity contribution is -0.163. The summed E-state index contributed by atoms with van der Waals surface area (Å²) in [5, 5.41) is 36.4. The molecular formula is C50H95N11O12. The van der Waals surface area contributed by atoms with E-state index in [1.165, 1.54) is 4.90 Å². The summed E-state index contributed by atoms with van der Waals surface area (Å²) >= 11 is 0. The Labute approximate surface area is 434 Å². The van der Waals surface area contributed by atoms with Crippen LogP contribution in [0.5, 0.6) is 0 Å². The van der Waals surface area contributed by atoms with E-state index in [1.807, 2.05) is 13.8 Å². The van der Waals surface area contributed by atoms with Gasteiger partial charge in [-0.15, -0.1) is 0 Å². The molecule has 8 atom stereocenters. The predicted molar refractivity (Wildman–Crippen MR) is 279 cm³/mol. The van der Waals surface area contributed by atoms with Gasteiger partial charge in [0.05, 0.1) is 36.1 Å². The van der Waals surface area contributed by atoms with E-state index in [0.717, 1.165) is 0 Å². The molecule has 0 aliphatic rings. The second-order valence-electron chi connectivity index (χ2n) is 21.7. The van der Waals surface area contributed by atoms with E-state index in [-0.39, 0.29) is 76.3 Å². The number of ether oxygens (including phenoxy) is 1. The van der Waals surface area contributed by atoms with Gasteiger partial charge in [0.1, 0.15) is 28.8 Å². The number of hydrogen-bond acceptors (Lipinski definition) is 16. The molecule has 0 rings (SSSR count). The van der Waals surface area contributed by atoms with E-state index < -0.39 is 93.3 Å². The first-order valence-corrected chi connectivity index (χ1v) is 25.5. The van der Waals surface area contributed by atoms with E-state index in [4.69, 9.17) is 16.2 Å². The van der Waals surface area contributed by atoms with E-state index >= 15 is 0 Å². The van der Waals surface area contributed by atoms with Crippen molar-refractivity contribution in [1.82, 2.24) is 46.6 Å². The molecule has 0 aliphatic carbocycles. The van der Waals surface area contributed by atoms with Crippen LogP contribution in [0.25, 0.3) is 0 Å². The number of carboxylic acids is 2. The summed E-state index contributed by atoms with van der Waals surface area (Å²) in [6, 6.07) is -4.21. The molecule has 23 nitrogen and oxygen atoms in total. The summed E-state index contributed by atoms with van der Waals surface area (Å²) in [6.45, 7) is 21.0. The number of Topliss-reactive ketones (excluding diaryl/α,β-unsaturated/α-hetero) is 1. The molecule has 0 radical (unpaired) electrons. The summed E-state index contributed by atoms with van der Waals surface area (Å²) in [5.74, 6) is -6.21. The molecule has 0 spiro atoms. The van der Waals surface area contributed by atoms with Crippen LogP contribution in [-0.4, -0.2) is 199 Å². The smallest absolute Gasteiger partial charge is 0.326 e. The Morgan fingerprint density at radius 2 is 1.21 bits per heavy atom. The number of nitrogens with two attached hydrogens (primary N) is 2. The van der Waals surface area contributed by atoms with Gasteiger partial charge in [-0.3, -0.25) is 53.5 Å². The molecule has 0 bridgehead atoms. The normalized spacial score (nSPS) is 16.5. The lowest BCUT2D eigenvalue weighted by Crippen LogP contribution is -2.68. The Hall–Kier alpha value is -4.81. The van der Waals surface area contributed by atoms with Crippen molar-refractivity contribution in [3.8, 4) is 0 Å². The first-order valence-electron chi connectivity index (χ1n) is 25.5. The van der Waals surface area contributed by atoms with Crippen molar-refractivity contribution in [1.29, 1.82) is 0 Å². The highest BCUT2D eigenvalue weighted by Crippen LogP contribution is 2.33. The summed E-state index contributed by atoms with van der Waals surface area (Å²) in [6.07, 6.45) is 2.49. The van der Waals surface area contributed by atoms with E-state index in [1.54, 1.807) is 107 Å². The monoisotopic (exact) mass is 1040 g/mol. The minimum Gasteiger partial charge on any atom is -0.480 e. The van der Waals surface area contributed by atoms with Gasteiger partial charge in [-0.05, 0) is 128 Å². The summed E-state index contributed by atoms with van der Waals surface area (Å²) in [7, 11) is 6.45. The zero-order valence-corrected chi connectivity index (χ0v) is 47.0. The minimum atomic E-state index is -1.59. The van der Waals surface area contributed by atoms with Crippen LogP contribution in [0.2, 0.25) is 0 Å². The molecule has 8 unspecified atom stereocenters. The molecule has 0 saturated heterocycles. The third kappa shape index (κ3) is 21.5. The standard InChI is InChI=1S/C50H95N11O12/c1-17-48(10,36(62)30-57-49(11,18-2)45(72)73-46(5,6)7)56-28-27-55-43(70)47(8,9)31-60(15)38(39(64)53-25-21-19-23-34(52)41(66)67)32(3)50(12,61(16)33(4)40(65)59(13)14)44(71)54-26-22-20-24-35(42(68)69)58-37(63)29-51/h32-35,38,56-57H,17-31,51-52H2,1-16H3,(H,53,64)(H,54,71)(H,55,70)(H,58,63)(H,66,67)(H,68,69). The highest BCUT2D eigenvalue weighted by Gasteiger charge is 2.51. The van der Waals surface area contributed by atoms with Crippen molar-refractivity contribution in [3.63, 3.8) is 0 Å². The van der Waals surface area contributed by atoms with Crippen molar-refractivity contribution in [2.75, 3.05) is 74.0 Å². The first kappa shape index (κ1) is 68.2. The molecule has 0 aliphatic heterocycles. The average molecular weight is 1040 g/mol. The number of hydrogen-bond donors (Lipinski definition) is 10. The molecule has 73 heavy (non-hydrogen) atoms. The number of esters is 1. The number of ketones is 1. The van der Waals surface area contributed by atoms with Crippen molar-refractivity contribution in [2.45, 2.75) is 181 Å². The van der Waals surface area contributed by atoms with Crippen LogP contribution >= 0.6 is 0 Å². The quantitative estimate of drug-likeness (QED) is 0.0295. The third-order valence-electron chi connectivity index (χ3n) is 14.0. The van der Waals surface area contributed by atoms with Crippen LogP contribution in [0.1, 0.15) is 134 Å². The van der Waals surface area contributed by atoms with Crippen molar-refractivity contribution in [2.24, 2.45) is 22.8 Å². The molecule has 0 saturated carbocycles. The highest BCUT2D eigenvalue weighted by molar-refractivity contribution is 5.92. The molecule has 0 aromatic carbocycles. The Kier molecular flexibility index (Phi) is 28.5. The second kappa shape index (κ2) is 30.5. The Morgan fingerprint density at radius 1 is 0.671 bits per heavy atom. The summed E-state index contributed by atoms with van der Waals surface area (Å²) in [4.78, 5) is 123. The Morgan fingerprint density at radius 3 is 1.70 bits per heavy atom.